The summed E-state index contributed by atoms with van der Waals surface area (Å²) in [5.74, 6) is -0.701. The van der Waals surface area contributed by atoms with E-state index in [1.54, 1.807) is 12.1 Å². The van der Waals surface area contributed by atoms with Gasteiger partial charge in [-0.1, -0.05) is 25.1 Å². The summed E-state index contributed by atoms with van der Waals surface area (Å²) in [6.45, 7) is 1.89. The van der Waals surface area contributed by atoms with Gasteiger partial charge in [-0.3, -0.25) is 4.79 Å². The summed E-state index contributed by atoms with van der Waals surface area (Å²) in [6, 6.07) is 5.78. The molecule has 0 fully saturated rings. The Labute approximate surface area is 111 Å². The van der Waals surface area contributed by atoms with Gasteiger partial charge >= 0.3 is 5.97 Å². The summed E-state index contributed by atoms with van der Waals surface area (Å²) in [6.07, 6.45) is -1.78. The average molecular weight is 271 g/mol. The van der Waals surface area contributed by atoms with Crippen molar-refractivity contribution in [1.82, 2.24) is 0 Å². The van der Waals surface area contributed by atoms with Crippen molar-refractivity contribution >= 4 is 5.97 Å². The highest BCUT2D eigenvalue weighted by atomic mass is 19.3. The lowest BCUT2D eigenvalue weighted by Gasteiger charge is -2.22. The van der Waals surface area contributed by atoms with E-state index in [0.29, 0.717) is 12.0 Å². The fourth-order valence-corrected chi connectivity index (χ4v) is 1.99. The summed E-state index contributed by atoms with van der Waals surface area (Å²) in [4.78, 5) is 11.4. The predicted molar refractivity (Wildman–Crippen MR) is 69.0 cm³/mol. The average Bonchev–Trinajstić information content (AvgIpc) is 2.43. The normalized spacial score (nSPS) is 14.2. The number of nitrogens with two attached hydrogens (primary N) is 1. The maximum absolute atomic E-state index is 12.7. The Hall–Kier alpha value is -1.49. The Morgan fingerprint density at radius 2 is 2.00 bits per heavy atom. The Morgan fingerprint density at radius 1 is 1.37 bits per heavy atom. The molecule has 1 rings (SSSR count). The SMILES string of the molecule is CCC(N)C(CC(=O)OC)c1cccc(C(F)F)c1. The van der Waals surface area contributed by atoms with Crippen molar-refractivity contribution in [2.45, 2.75) is 38.2 Å². The first-order valence-corrected chi connectivity index (χ1v) is 6.20. The van der Waals surface area contributed by atoms with E-state index < -0.39 is 12.4 Å². The van der Waals surface area contributed by atoms with Gasteiger partial charge in [-0.25, -0.2) is 8.78 Å². The van der Waals surface area contributed by atoms with Crippen LogP contribution in [-0.2, 0) is 9.53 Å². The van der Waals surface area contributed by atoms with Crippen LogP contribution in [0.25, 0.3) is 0 Å². The summed E-state index contributed by atoms with van der Waals surface area (Å²) >= 11 is 0. The lowest BCUT2D eigenvalue weighted by Crippen LogP contribution is -2.29. The van der Waals surface area contributed by atoms with Crippen molar-refractivity contribution < 1.29 is 18.3 Å². The van der Waals surface area contributed by atoms with E-state index in [1.165, 1.54) is 19.2 Å². The number of benzene rings is 1. The minimum atomic E-state index is -2.53. The molecule has 106 valence electrons. The molecule has 0 radical (unpaired) electrons. The molecule has 0 bridgehead atoms. The minimum Gasteiger partial charge on any atom is -0.469 e. The van der Waals surface area contributed by atoms with Crippen molar-refractivity contribution in [1.29, 1.82) is 0 Å². The van der Waals surface area contributed by atoms with E-state index in [2.05, 4.69) is 4.74 Å². The molecule has 2 unspecified atom stereocenters. The molecular weight excluding hydrogens is 252 g/mol. The van der Waals surface area contributed by atoms with Gasteiger partial charge in [0, 0.05) is 17.5 Å². The molecular formula is C14H19F2NO2. The number of hydrogen-bond donors (Lipinski definition) is 1. The molecule has 1 aromatic rings. The molecule has 3 nitrogen and oxygen atoms in total. The van der Waals surface area contributed by atoms with Gasteiger partial charge in [0.05, 0.1) is 13.5 Å². The van der Waals surface area contributed by atoms with Crippen molar-refractivity contribution in [3.63, 3.8) is 0 Å². The lowest BCUT2D eigenvalue weighted by atomic mass is 9.87. The van der Waals surface area contributed by atoms with E-state index in [9.17, 15) is 13.6 Å². The topological polar surface area (TPSA) is 52.3 Å². The second-order valence-electron chi connectivity index (χ2n) is 4.43. The van der Waals surface area contributed by atoms with Gasteiger partial charge in [-0.15, -0.1) is 0 Å². The van der Waals surface area contributed by atoms with Crippen LogP contribution in [0.4, 0.5) is 8.78 Å². The van der Waals surface area contributed by atoms with Crippen LogP contribution in [0.5, 0.6) is 0 Å². The smallest absolute Gasteiger partial charge is 0.306 e. The molecule has 0 aromatic heterocycles. The molecule has 0 aliphatic carbocycles. The molecule has 19 heavy (non-hydrogen) atoms. The van der Waals surface area contributed by atoms with Gasteiger partial charge in [-0.05, 0) is 18.1 Å². The zero-order chi connectivity index (χ0) is 14.4. The molecule has 0 saturated heterocycles. The minimum absolute atomic E-state index is 0.0596. The molecule has 5 heteroatoms. The first-order chi connectivity index (χ1) is 8.99. The Kier molecular flexibility index (Phi) is 5.89. The summed E-state index contributed by atoms with van der Waals surface area (Å²) < 4.78 is 30.0. The molecule has 2 atom stereocenters. The summed E-state index contributed by atoms with van der Waals surface area (Å²) in [5.41, 5.74) is 6.57. The number of alkyl halides is 2. The zero-order valence-corrected chi connectivity index (χ0v) is 11.1. The number of methoxy groups -OCH3 is 1. The number of hydrogen-bond acceptors (Lipinski definition) is 3. The van der Waals surface area contributed by atoms with Crippen molar-refractivity contribution in [2.24, 2.45) is 5.73 Å². The highest BCUT2D eigenvalue weighted by Gasteiger charge is 2.23. The molecule has 1 aromatic carbocycles. The number of ether oxygens (including phenoxy) is 1. The molecule has 0 aliphatic rings. The van der Waals surface area contributed by atoms with Crippen LogP contribution in [0.3, 0.4) is 0 Å². The monoisotopic (exact) mass is 271 g/mol. The number of rotatable bonds is 6. The predicted octanol–water partition coefficient (Wildman–Crippen LogP) is 3.01. The number of carbonyl (C=O) groups excluding carboxylic acids is 1. The van der Waals surface area contributed by atoms with Gasteiger partial charge in [0.25, 0.3) is 6.43 Å². The third kappa shape index (κ3) is 4.28. The third-order valence-electron chi connectivity index (χ3n) is 3.19. The summed E-state index contributed by atoms with van der Waals surface area (Å²) in [5, 5.41) is 0. The molecule has 0 saturated carbocycles. The van der Waals surface area contributed by atoms with Crippen molar-refractivity contribution in [3.8, 4) is 0 Å². The zero-order valence-electron chi connectivity index (χ0n) is 11.1. The van der Waals surface area contributed by atoms with E-state index in [4.69, 9.17) is 5.73 Å². The number of carbonyl (C=O) groups is 1. The van der Waals surface area contributed by atoms with Crippen LogP contribution in [0.1, 0.15) is 43.2 Å². The Bertz CT molecular complexity index is 424. The quantitative estimate of drug-likeness (QED) is 0.809. The van der Waals surface area contributed by atoms with E-state index >= 15 is 0 Å². The maximum Gasteiger partial charge on any atom is 0.306 e. The molecule has 0 spiro atoms. The fourth-order valence-electron chi connectivity index (χ4n) is 1.99. The largest absolute Gasteiger partial charge is 0.469 e. The van der Waals surface area contributed by atoms with E-state index in [0.717, 1.165) is 0 Å². The van der Waals surface area contributed by atoms with Crippen LogP contribution in [0, 0.1) is 0 Å². The van der Waals surface area contributed by atoms with Gasteiger partial charge in [0.15, 0.2) is 0 Å². The standard InChI is InChI=1S/C14H19F2NO2/c1-3-12(17)11(8-13(18)19-2)9-5-4-6-10(7-9)14(15)16/h4-7,11-12,14H,3,8,17H2,1-2H3. The Balaban J connectivity index is 3.02. The lowest BCUT2D eigenvalue weighted by molar-refractivity contribution is -0.141. The molecule has 2 N–H and O–H groups in total. The fraction of sp³-hybridized carbons (Fsp3) is 0.500. The van der Waals surface area contributed by atoms with Gasteiger partial charge in [0.1, 0.15) is 0 Å². The van der Waals surface area contributed by atoms with Crippen molar-refractivity contribution in [3.05, 3.63) is 35.4 Å². The van der Waals surface area contributed by atoms with Gasteiger partial charge in [-0.2, -0.15) is 0 Å². The number of esters is 1. The first kappa shape index (κ1) is 15.6. The summed E-state index contributed by atoms with van der Waals surface area (Å²) in [7, 11) is 1.30. The third-order valence-corrected chi connectivity index (χ3v) is 3.19. The second kappa shape index (κ2) is 7.19. The molecule has 0 amide bonds. The molecule has 0 heterocycles. The van der Waals surface area contributed by atoms with E-state index in [-0.39, 0.29) is 23.9 Å². The molecule has 0 aliphatic heterocycles. The van der Waals surface area contributed by atoms with Gasteiger partial charge < -0.3 is 10.5 Å². The van der Waals surface area contributed by atoms with Crippen LogP contribution in [0.15, 0.2) is 24.3 Å². The maximum atomic E-state index is 12.7. The Morgan fingerprint density at radius 3 is 2.53 bits per heavy atom. The highest BCUT2D eigenvalue weighted by Crippen LogP contribution is 2.28. The highest BCUT2D eigenvalue weighted by molar-refractivity contribution is 5.70. The number of halogens is 2. The van der Waals surface area contributed by atoms with Crippen LogP contribution >= 0.6 is 0 Å². The van der Waals surface area contributed by atoms with Crippen LogP contribution in [-0.4, -0.2) is 19.1 Å². The second-order valence-corrected chi connectivity index (χ2v) is 4.43. The van der Waals surface area contributed by atoms with Crippen LogP contribution in [0.2, 0.25) is 0 Å². The van der Waals surface area contributed by atoms with Crippen molar-refractivity contribution in [2.75, 3.05) is 7.11 Å². The van der Waals surface area contributed by atoms with E-state index in [1.807, 2.05) is 6.92 Å². The van der Waals surface area contributed by atoms with Gasteiger partial charge in [0.2, 0.25) is 0 Å². The first-order valence-electron chi connectivity index (χ1n) is 6.20. The van der Waals surface area contributed by atoms with Crippen LogP contribution < -0.4 is 5.73 Å².